The van der Waals surface area contributed by atoms with E-state index in [1.54, 1.807) is 23.3 Å². The van der Waals surface area contributed by atoms with Crippen molar-refractivity contribution in [1.29, 1.82) is 0 Å². The Hall–Kier alpha value is -2.44. The summed E-state index contributed by atoms with van der Waals surface area (Å²) in [7, 11) is 0. The molecule has 0 saturated heterocycles. The van der Waals surface area contributed by atoms with Crippen LogP contribution in [-0.4, -0.2) is 32.2 Å². The summed E-state index contributed by atoms with van der Waals surface area (Å²) >= 11 is 0. The van der Waals surface area contributed by atoms with Gasteiger partial charge in [-0.25, -0.2) is 4.98 Å². The lowest BCUT2D eigenvalue weighted by Crippen LogP contribution is -2.15. The molecule has 0 atom stereocenters. The predicted molar refractivity (Wildman–Crippen MR) is 76.7 cm³/mol. The van der Waals surface area contributed by atoms with Crippen LogP contribution >= 0.6 is 0 Å². The van der Waals surface area contributed by atoms with Crippen molar-refractivity contribution in [3.05, 3.63) is 30.5 Å². The van der Waals surface area contributed by atoms with Crippen LogP contribution in [0.1, 0.15) is 30.8 Å². The number of carbonyl (C=O) groups excluding carboxylic acids is 1. The SMILES string of the molecule is CCCNc1cncc(C(=O)Nc2cnn(CC)c2)n1. The predicted octanol–water partition coefficient (Wildman–Crippen LogP) is 1.77. The minimum Gasteiger partial charge on any atom is -0.369 e. The van der Waals surface area contributed by atoms with Gasteiger partial charge in [-0.3, -0.25) is 14.5 Å². The Balaban J connectivity index is 2.04. The minimum atomic E-state index is -0.298. The molecular weight excluding hydrogens is 256 g/mol. The van der Waals surface area contributed by atoms with E-state index < -0.39 is 0 Å². The van der Waals surface area contributed by atoms with Crippen molar-refractivity contribution in [3.8, 4) is 0 Å². The summed E-state index contributed by atoms with van der Waals surface area (Å²) < 4.78 is 1.74. The van der Waals surface area contributed by atoms with E-state index in [0.29, 0.717) is 11.5 Å². The number of hydrogen-bond acceptors (Lipinski definition) is 5. The zero-order valence-corrected chi connectivity index (χ0v) is 11.6. The number of aromatic nitrogens is 4. The molecule has 2 N–H and O–H groups in total. The molecule has 0 aromatic carbocycles. The van der Waals surface area contributed by atoms with Crippen molar-refractivity contribution >= 4 is 17.4 Å². The average molecular weight is 274 g/mol. The summed E-state index contributed by atoms with van der Waals surface area (Å²) in [4.78, 5) is 20.3. The maximum Gasteiger partial charge on any atom is 0.276 e. The van der Waals surface area contributed by atoms with Crippen molar-refractivity contribution in [2.45, 2.75) is 26.8 Å². The molecule has 2 heterocycles. The van der Waals surface area contributed by atoms with E-state index in [1.165, 1.54) is 6.20 Å². The molecule has 0 saturated carbocycles. The Morgan fingerprint density at radius 2 is 2.15 bits per heavy atom. The van der Waals surface area contributed by atoms with E-state index in [0.717, 1.165) is 19.5 Å². The third-order valence-corrected chi connectivity index (χ3v) is 2.64. The lowest BCUT2D eigenvalue weighted by atomic mass is 10.4. The molecule has 0 bridgehead atoms. The lowest BCUT2D eigenvalue weighted by Gasteiger charge is -2.05. The van der Waals surface area contributed by atoms with Gasteiger partial charge in [0.1, 0.15) is 11.5 Å². The van der Waals surface area contributed by atoms with Gasteiger partial charge < -0.3 is 10.6 Å². The van der Waals surface area contributed by atoms with Crippen molar-refractivity contribution in [3.63, 3.8) is 0 Å². The largest absolute Gasteiger partial charge is 0.369 e. The molecule has 2 aromatic heterocycles. The lowest BCUT2D eigenvalue weighted by molar-refractivity contribution is 0.102. The standard InChI is InChI=1S/C13H18N6O/c1-3-5-15-12-8-14-7-11(18-12)13(20)17-10-6-16-19(4-2)9-10/h6-9H,3-5H2,1-2H3,(H,15,18)(H,17,20). The smallest absolute Gasteiger partial charge is 0.276 e. The second kappa shape index (κ2) is 6.65. The van der Waals surface area contributed by atoms with Gasteiger partial charge in [0, 0.05) is 19.3 Å². The van der Waals surface area contributed by atoms with Crippen molar-refractivity contribution in [2.75, 3.05) is 17.2 Å². The van der Waals surface area contributed by atoms with Gasteiger partial charge in [0.2, 0.25) is 0 Å². The first-order chi connectivity index (χ1) is 9.72. The van der Waals surface area contributed by atoms with E-state index in [1.807, 2.05) is 6.92 Å². The van der Waals surface area contributed by atoms with Gasteiger partial charge in [0.05, 0.1) is 24.3 Å². The monoisotopic (exact) mass is 274 g/mol. The van der Waals surface area contributed by atoms with Crippen LogP contribution in [0.25, 0.3) is 0 Å². The zero-order chi connectivity index (χ0) is 14.4. The first kappa shape index (κ1) is 14.0. The Morgan fingerprint density at radius 3 is 2.85 bits per heavy atom. The van der Waals surface area contributed by atoms with Gasteiger partial charge in [-0.05, 0) is 13.3 Å². The molecule has 0 aliphatic carbocycles. The number of anilines is 2. The van der Waals surface area contributed by atoms with Crippen molar-refractivity contribution < 1.29 is 4.79 Å². The normalized spacial score (nSPS) is 10.3. The van der Waals surface area contributed by atoms with Gasteiger partial charge in [-0.15, -0.1) is 0 Å². The summed E-state index contributed by atoms with van der Waals surface area (Å²) in [5.41, 5.74) is 0.918. The number of carbonyl (C=O) groups is 1. The first-order valence-corrected chi connectivity index (χ1v) is 6.62. The topological polar surface area (TPSA) is 84.7 Å². The van der Waals surface area contributed by atoms with Crippen LogP contribution < -0.4 is 10.6 Å². The molecule has 1 amide bonds. The summed E-state index contributed by atoms with van der Waals surface area (Å²) in [6, 6.07) is 0. The summed E-state index contributed by atoms with van der Waals surface area (Å²) in [5.74, 6) is 0.303. The van der Waals surface area contributed by atoms with Gasteiger partial charge >= 0.3 is 0 Å². The minimum absolute atomic E-state index is 0.273. The summed E-state index contributed by atoms with van der Waals surface area (Å²) in [5, 5.41) is 9.93. The molecule has 2 aromatic rings. The third-order valence-electron chi connectivity index (χ3n) is 2.64. The average Bonchev–Trinajstić information content (AvgIpc) is 2.93. The van der Waals surface area contributed by atoms with E-state index >= 15 is 0 Å². The molecular formula is C13H18N6O. The fourth-order valence-electron chi connectivity index (χ4n) is 1.61. The van der Waals surface area contributed by atoms with Crippen LogP contribution in [0.4, 0.5) is 11.5 Å². The van der Waals surface area contributed by atoms with Gasteiger partial charge in [-0.1, -0.05) is 6.92 Å². The highest BCUT2D eigenvalue weighted by Gasteiger charge is 2.10. The van der Waals surface area contributed by atoms with Crippen LogP contribution in [0.15, 0.2) is 24.8 Å². The van der Waals surface area contributed by atoms with E-state index in [9.17, 15) is 4.79 Å². The maximum absolute atomic E-state index is 12.1. The molecule has 20 heavy (non-hydrogen) atoms. The maximum atomic E-state index is 12.1. The summed E-state index contributed by atoms with van der Waals surface area (Å²) in [6.07, 6.45) is 7.39. The summed E-state index contributed by atoms with van der Waals surface area (Å²) in [6.45, 7) is 5.59. The fourth-order valence-corrected chi connectivity index (χ4v) is 1.61. The Bertz CT molecular complexity index is 580. The number of amides is 1. The third kappa shape index (κ3) is 3.53. The second-order valence-corrected chi connectivity index (χ2v) is 4.26. The molecule has 7 heteroatoms. The van der Waals surface area contributed by atoms with E-state index in [2.05, 4.69) is 32.6 Å². The second-order valence-electron chi connectivity index (χ2n) is 4.26. The molecule has 7 nitrogen and oxygen atoms in total. The molecule has 0 aliphatic rings. The van der Waals surface area contributed by atoms with Crippen LogP contribution in [-0.2, 0) is 6.54 Å². The van der Waals surface area contributed by atoms with Crippen LogP contribution in [0.2, 0.25) is 0 Å². The van der Waals surface area contributed by atoms with Gasteiger partial charge in [0.15, 0.2) is 0 Å². The van der Waals surface area contributed by atoms with Crippen LogP contribution in [0.5, 0.6) is 0 Å². The molecule has 0 fully saturated rings. The number of hydrogen-bond donors (Lipinski definition) is 2. The first-order valence-electron chi connectivity index (χ1n) is 6.62. The molecule has 2 rings (SSSR count). The molecule has 0 spiro atoms. The highest BCUT2D eigenvalue weighted by molar-refractivity contribution is 6.02. The number of nitrogens with zero attached hydrogens (tertiary/aromatic N) is 4. The van der Waals surface area contributed by atoms with Crippen LogP contribution in [0.3, 0.4) is 0 Å². The highest BCUT2D eigenvalue weighted by atomic mass is 16.1. The number of aryl methyl sites for hydroxylation is 1. The molecule has 0 unspecified atom stereocenters. The Kier molecular flexibility index (Phi) is 4.65. The van der Waals surface area contributed by atoms with Gasteiger partial charge in [0.25, 0.3) is 5.91 Å². The molecule has 0 radical (unpaired) electrons. The van der Waals surface area contributed by atoms with E-state index in [4.69, 9.17) is 0 Å². The van der Waals surface area contributed by atoms with E-state index in [-0.39, 0.29) is 11.6 Å². The van der Waals surface area contributed by atoms with Gasteiger partial charge in [-0.2, -0.15) is 5.10 Å². The van der Waals surface area contributed by atoms with Crippen LogP contribution in [0, 0.1) is 0 Å². The quantitative estimate of drug-likeness (QED) is 0.838. The number of rotatable bonds is 6. The van der Waals surface area contributed by atoms with Crippen molar-refractivity contribution in [2.24, 2.45) is 0 Å². The Labute approximate surface area is 117 Å². The number of nitrogens with one attached hydrogen (secondary N) is 2. The van der Waals surface area contributed by atoms with Crippen molar-refractivity contribution in [1.82, 2.24) is 19.7 Å². The Morgan fingerprint density at radius 1 is 1.30 bits per heavy atom. The highest BCUT2D eigenvalue weighted by Crippen LogP contribution is 2.08. The molecule has 106 valence electrons. The molecule has 0 aliphatic heterocycles. The fraction of sp³-hybridized carbons (Fsp3) is 0.385. The zero-order valence-electron chi connectivity index (χ0n) is 11.6.